The number of carbonyl (C=O) groups excluding carboxylic acids is 1. The number of alkyl carbamates (subject to hydrolysis) is 1. The topological polar surface area (TPSA) is 169 Å². The summed E-state index contributed by atoms with van der Waals surface area (Å²) >= 11 is 0. The van der Waals surface area contributed by atoms with E-state index in [4.69, 9.17) is 9.47 Å². The number of nitrogens with zero attached hydrogens (tertiary/aromatic N) is 2. The summed E-state index contributed by atoms with van der Waals surface area (Å²) in [5, 5.41) is 16.2. The predicted octanol–water partition coefficient (Wildman–Crippen LogP) is 6.87. The zero-order chi connectivity index (χ0) is 37.4. The number of benzene rings is 2. The first kappa shape index (κ1) is 38.0. The van der Waals surface area contributed by atoms with Crippen molar-refractivity contribution in [2.45, 2.75) is 116 Å². The zero-order valence-corrected chi connectivity index (χ0v) is 31.6. The van der Waals surface area contributed by atoms with E-state index in [0.717, 1.165) is 54.9 Å². The molecular formula is C38H51N5O7S. The lowest BCUT2D eigenvalue weighted by molar-refractivity contribution is -0.0382. The van der Waals surface area contributed by atoms with Crippen LogP contribution < -0.4 is 20.1 Å². The van der Waals surface area contributed by atoms with Gasteiger partial charge in [0.05, 0.1) is 16.2 Å². The molecule has 2 aromatic carbocycles. The highest BCUT2D eigenvalue weighted by Crippen LogP contribution is 2.56. The summed E-state index contributed by atoms with van der Waals surface area (Å²) < 4.78 is 41.0. The Morgan fingerprint density at radius 2 is 1.57 bits per heavy atom. The lowest BCUT2D eigenvalue weighted by atomic mass is 9.52. The number of nitrogens with one attached hydrogen (secondary N) is 3. The number of carboxylic acid groups (broad SMARTS) is 1. The fourth-order valence-electron chi connectivity index (χ4n) is 7.29. The third-order valence-electron chi connectivity index (χ3n) is 9.26. The van der Waals surface area contributed by atoms with Crippen LogP contribution in [0.2, 0.25) is 0 Å². The van der Waals surface area contributed by atoms with E-state index in [2.05, 4.69) is 46.1 Å². The Kier molecular flexibility index (Phi) is 10.7. The summed E-state index contributed by atoms with van der Waals surface area (Å²) in [6.45, 7) is 16.3. The van der Waals surface area contributed by atoms with Crippen molar-refractivity contribution in [3.8, 4) is 17.1 Å². The molecule has 1 heterocycles. The van der Waals surface area contributed by atoms with Gasteiger partial charge in [-0.3, -0.25) is 0 Å². The van der Waals surface area contributed by atoms with Crippen LogP contribution in [-0.2, 0) is 14.8 Å². The number of carbonyl (C=O) groups is 2. The smallest absolute Gasteiger partial charge is 0.407 e. The number of aromatic carboxylic acids is 1. The van der Waals surface area contributed by atoms with Crippen molar-refractivity contribution in [1.29, 1.82) is 0 Å². The minimum Gasteiger partial charge on any atom is -0.478 e. The lowest BCUT2D eigenvalue weighted by Gasteiger charge is -2.58. The molecule has 0 unspecified atom stereocenters. The van der Waals surface area contributed by atoms with Gasteiger partial charge in [-0.25, -0.2) is 27.7 Å². The molecule has 1 spiro atoms. The maximum Gasteiger partial charge on any atom is 0.407 e. The Morgan fingerprint density at radius 1 is 0.941 bits per heavy atom. The molecule has 0 bridgehead atoms. The molecule has 12 nitrogen and oxygen atoms in total. The fraction of sp³-hybridized carbons (Fsp3) is 0.526. The molecule has 2 saturated carbocycles. The largest absolute Gasteiger partial charge is 0.478 e. The van der Waals surface area contributed by atoms with Crippen molar-refractivity contribution >= 4 is 28.0 Å². The van der Waals surface area contributed by atoms with Crippen LogP contribution in [0.15, 0.2) is 53.4 Å². The van der Waals surface area contributed by atoms with Crippen LogP contribution in [0.25, 0.3) is 11.3 Å². The van der Waals surface area contributed by atoms with Crippen molar-refractivity contribution in [3.05, 3.63) is 65.2 Å². The number of hydrogen-bond donors (Lipinski definition) is 4. The molecule has 1 atom stereocenters. The number of anilines is 1. The number of hydrogen-bond acceptors (Lipinski definition) is 9. The summed E-state index contributed by atoms with van der Waals surface area (Å²) in [4.78, 5) is 32.5. The minimum absolute atomic E-state index is 0.00173. The summed E-state index contributed by atoms with van der Waals surface area (Å²) in [7, 11) is -4.24. The second kappa shape index (κ2) is 14.4. The highest BCUT2D eigenvalue weighted by molar-refractivity contribution is 7.92. The number of sulfonamides is 1. The number of ether oxygens (including phenoxy) is 2. The van der Waals surface area contributed by atoms with Gasteiger partial charge in [0.1, 0.15) is 12.2 Å². The van der Waals surface area contributed by atoms with Crippen LogP contribution in [0, 0.1) is 24.7 Å². The van der Waals surface area contributed by atoms with Crippen LogP contribution in [-0.4, -0.2) is 65.9 Å². The standard InChI is InChI=1S/C38H51N5O7S/c1-23-11-9-12-24(2)32(23)30-16-31(42-34(41-30)43-51(47,48)29-14-10-13-25(15-29)33(44)45)49-22-28(17-36(3,4)5)39-26-18-38(19-26)20-27(21-38)40-35(46)50-37(6,7)8/h9-16,26-28,39H,17-22H2,1-8H3,(H,40,46)(H,44,45)(H,41,42,43)/t26?,27?,28-,38?/m1/s1. The fourth-order valence-corrected chi connectivity index (χ4v) is 8.28. The van der Waals surface area contributed by atoms with E-state index in [1.165, 1.54) is 18.2 Å². The van der Waals surface area contributed by atoms with Gasteiger partial charge in [0.15, 0.2) is 0 Å². The van der Waals surface area contributed by atoms with Crippen LogP contribution in [0.1, 0.15) is 95.1 Å². The van der Waals surface area contributed by atoms with Crippen molar-refractivity contribution in [3.63, 3.8) is 0 Å². The molecule has 1 amide bonds. The van der Waals surface area contributed by atoms with Crippen molar-refractivity contribution in [2.24, 2.45) is 10.8 Å². The molecule has 0 aliphatic heterocycles. The van der Waals surface area contributed by atoms with Gasteiger partial charge in [-0.2, -0.15) is 4.98 Å². The normalized spacial score (nSPS) is 20.9. The minimum atomic E-state index is -4.24. The van der Waals surface area contributed by atoms with Crippen LogP contribution >= 0.6 is 0 Å². The molecule has 13 heteroatoms. The Bertz CT molecular complexity index is 1850. The van der Waals surface area contributed by atoms with Gasteiger partial charge in [-0.15, -0.1) is 0 Å². The van der Waals surface area contributed by atoms with Crippen LogP contribution in [0.3, 0.4) is 0 Å². The first-order chi connectivity index (χ1) is 23.7. The molecule has 0 saturated heterocycles. The Balaban J connectivity index is 1.31. The molecular weight excluding hydrogens is 671 g/mol. The van der Waals surface area contributed by atoms with Gasteiger partial charge in [-0.05, 0) is 107 Å². The summed E-state index contributed by atoms with van der Waals surface area (Å²) in [5.74, 6) is -1.22. The van der Waals surface area contributed by atoms with Crippen LogP contribution in [0.4, 0.5) is 10.7 Å². The summed E-state index contributed by atoms with van der Waals surface area (Å²) in [6, 6.07) is 13.1. The van der Waals surface area contributed by atoms with E-state index in [1.54, 1.807) is 6.07 Å². The second-order valence-electron chi connectivity index (χ2n) is 16.4. The first-order valence-corrected chi connectivity index (χ1v) is 18.9. The highest BCUT2D eigenvalue weighted by Gasteiger charge is 2.53. The molecule has 0 radical (unpaired) electrons. The average molecular weight is 722 g/mol. The van der Waals surface area contributed by atoms with Gasteiger partial charge in [-0.1, -0.05) is 45.0 Å². The maximum atomic E-state index is 13.4. The Labute approximate surface area is 301 Å². The van der Waals surface area contributed by atoms with Crippen molar-refractivity contribution in [2.75, 3.05) is 11.3 Å². The Hall–Kier alpha value is -4.23. The molecule has 4 N–H and O–H groups in total. The average Bonchev–Trinajstić information content (AvgIpc) is 2.95. The van der Waals surface area contributed by atoms with Gasteiger partial charge in [0.2, 0.25) is 11.8 Å². The van der Waals surface area contributed by atoms with E-state index in [1.807, 2.05) is 52.8 Å². The molecule has 1 aromatic heterocycles. The maximum absolute atomic E-state index is 13.4. The molecule has 5 rings (SSSR count). The quantitative estimate of drug-likeness (QED) is 0.155. The van der Waals surface area contributed by atoms with Gasteiger partial charge >= 0.3 is 12.1 Å². The lowest BCUT2D eigenvalue weighted by Crippen LogP contribution is -2.62. The molecule has 2 aliphatic carbocycles. The number of amides is 1. The summed E-state index contributed by atoms with van der Waals surface area (Å²) in [6.07, 6.45) is 4.36. The van der Waals surface area contributed by atoms with E-state index >= 15 is 0 Å². The molecule has 51 heavy (non-hydrogen) atoms. The van der Waals surface area contributed by atoms with Crippen molar-refractivity contribution in [1.82, 2.24) is 20.6 Å². The van der Waals surface area contributed by atoms with Gasteiger partial charge in [0, 0.05) is 29.8 Å². The van der Waals surface area contributed by atoms with Gasteiger partial charge < -0.3 is 25.2 Å². The third kappa shape index (κ3) is 9.97. The van der Waals surface area contributed by atoms with Crippen LogP contribution in [0.5, 0.6) is 5.88 Å². The highest BCUT2D eigenvalue weighted by atomic mass is 32.2. The number of aryl methyl sites for hydroxylation is 2. The zero-order valence-electron chi connectivity index (χ0n) is 30.8. The number of rotatable bonds is 12. The van der Waals surface area contributed by atoms with Crippen molar-refractivity contribution < 1.29 is 32.6 Å². The Morgan fingerprint density at radius 3 is 2.18 bits per heavy atom. The molecule has 2 fully saturated rings. The van der Waals surface area contributed by atoms with E-state index in [9.17, 15) is 23.1 Å². The summed E-state index contributed by atoms with van der Waals surface area (Å²) in [5.41, 5.74) is 2.78. The van der Waals surface area contributed by atoms with E-state index < -0.39 is 21.6 Å². The van der Waals surface area contributed by atoms with Gasteiger partial charge in [0.25, 0.3) is 10.0 Å². The number of aromatic nitrogens is 2. The first-order valence-electron chi connectivity index (χ1n) is 17.4. The van der Waals surface area contributed by atoms with E-state index in [0.29, 0.717) is 18.3 Å². The molecule has 276 valence electrons. The third-order valence-corrected chi connectivity index (χ3v) is 10.6. The molecule has 2 aliphatic rings. The molecule has 3 aromatic rings. The predicted molar refractivity (Wildman–Crippen MR) is 195 cm³/mol. The SMILES string of the molecule is Cc1cccc(C)c1-c1cc(OC[C@@H](CC(C)(C)C)NC2CC3(CC(NC(=O)OC(C)(C)C)C3)C2)nc(NS(=O)(=O)c2cccc(C(=O)O)c2)n1. The monoisotopic (exact) mass is 721 g/mol. The number of carboxylic acids is 1. The second-order valence-corrected chi connectivity index (χ2v) is 18.1. The van der Waals surface area contributed by atoms with E-state index in [-0.39, 0.29) is 51.3 Å².